The molecular weight excluding hydrogens is 246 g/mol. The van der Waals surface area contributed by atoms with Crippen LogP contribution in [0.4, 0.5) is 0 Å². The van der Waals surface area contributed by atoms with Gasteiger partial charge >= 0.3 is 0 Å². The number of ether oxygens (including phenoxy) is 3. The lowest BCUT2D eigenvalue weighted by Crippen LogP contribution is -2.25. The number of carbonyl (C=O) groups is 1. The van der Waals surface area contributed by atoms with E-state index >= 15 is 0 Å². The minimum Gasteiger partial charge on any atom is -0.497 e. The summed E-state index contributed by atoms with van der Waals surface area (Å²) in [5.74, 6) is 1.11. The maximum absolute atomic E-state index is 12.2. The van der Waals surface area contributed by atoms with E-state index in [0.717, 1.165) is 0 Å². The monoisotopic (exact) mass is 267 g/mol. The number of hydrogen-bond acceptors (Lipinski definition) is 5. The quantitative estimate of drug-likeness (QED) is 0.725. The van der Waals surface area contributed by atoms with E-state index in [9.17, 15) is 4.79 Å². The fourth-order valence-corrected chi connectivity index (χ4v) is 1.75. The Morgan fingerprint density at radius 2 is 2.00 bits per heavy atom. The number of carbonyl (C=O) groups excluding carboxylic acids is 1. The van der Waals surface area contributed by atoms with Crippen LogP contribution < -0.4 is 15.2 Å². The zero-order chi connectivity index (χ0) is 14.3. The fourth-order valence-electron chi connectivity index (χ4n) is 1.75. The Morgan fingerprint density at radius 3 is 2.58 bits per heavy atom. The molecule has 0 fully saturated rings. The smallest absolute Gasteiger partial charge is 0.168 e. The third-order valence-corrected chi connectivity index (χ3v) is 2.85. The number of hydrogen-bond donors (Lipinski definition) is 1. The molecule has 0 radical (unpaired) electrons. The van der Waals surface area contributed by atoms with Crippen molar-refractivity contribution in [1.29, 1.82) is 0 Å². The van der Waals surface area contributed by atoms with Gasteiger partial charge < -0.3 is 19.9 Å². The molecule has 1 aromatic rings. The topological polar surface area (TPSA) is 70.8 Å². The van der Waals surface area contributed by atoms with Crippen LogP contribution in [-0.4, -0.2) is 39.8 Å². The Labute approximate surface area is 113 Å². The van der Waals surface area contributed by atoms with Crippen LogP contribution in [0, 0.1) is 0 Å². The summed E-state index contributed by atoms with van der Waals surface area (Å²) in [5.41, 5.74) is 6.40. The lowest BCUT2D eigenvalue weighted by molar-refractivity contribution is 0.0964. The average molecular weight is 267 g/mol. The van der Waals surface area contributed by atoms with Gasteiger partial charge in [-0.15, -0.1) is 0 Å². The Hall–Kier alpha value is -1.59. The van der Waals surface area contributed by atoms with Crippen LogP contribution in [0.25, 0.3) is 0 Å². The first-order valence-corrected chi connectivity index (χ1v) is 6.12. The molecule has 106 valence electrons. The molecule has 0 aliphatic rings. The van der Waals surface area contributed by atoms with Crippen molar-refractivity contribution in [3.05, 3.63) is 23.8 Å². The van der Waals surface area contributed by atoms with Crippen LogP contribution in [0.5, 0.6) is 11.5 Å². The number of ketones is 1. The molecule has 5 nitrogen and oxygen atoms in total. The van der Waals surface area contributed by atoms with Gasteiger partial charge in [-0.1, -0.05) is 0 Å². The Morgan fingerprint density at radius 1 is 1.26 bits per heavy atom. The summed E-state index contributed by atoms with van der Waals surface area (Å²) in [6.45, 7) is 0.550. The highest BCUT2D eigenvalue weighted by molar-refractivity contribution is 5.99. The molecule has 19 heavy (non-hydrogen) atoms. The minimum absolute atomic E-state index is 0.0388. The molecular formula is C14H21NO4. The zero-order valence-corrected chi connectivity index (χ0v) is 11.6. The average Bonchev–Trinajstić information content (AvgIpc) is 2.44. The highest BCUT2D eigenvalue weighted by Crippen LogP contribution is 2.25. The Kier molecular flexibility index (Phi) is 6.32. The second-order valence-corrected chi connectivity index (χ2v) is 4.24. The van der Waals surface area contributed by atoms with Crippen molar-refractivity contribution in [2.45, 2.75) is 18.9 Å². The van der Waals surface area contributed by atoms with E-state index in [4.69, 9.17) is 19.9 Å². The maximum Gasteiger partial charge on any atom is 0.168 e. The second-order valence-electron chi connectivity index (χ2n) is 4.24. The summed E-state index contributed by atoms with van der Waals surface area (Å²) in [7, 11) is 4.70. The summed E-state index contributed by atoms with van der Waals surface area (Å²) in [4.78, 5) is 12.2. The molecule has 1 aromatic carbocycles. The highest BCUT2D eigenvalue weighted by atomic mass is 16.5. The van der Waals surface area contributed by atoms with Crippen molar-refractivity contribution >= 4 is 5.78 Å². The second kappa shape index (κ2) is 7.76. The van der Waals surface area contributed by atoms with Gasteiger partial charge in [-0.3, -0.25) is 4.79 Å². The summed E-state index contributed by atoms with van der Waals surface area (Å²) in [6, 6.07) is 4.91. The van der Waals surface area contributed by atoms with Crippen LogP contribution in [-0.2, 0) is 4.74 Å². The van der Waals surface area contributed by atoms with Gasteiger partial charge in [0.05, 0.1) is 19.8 Å². The molecule has 5 heteroatoms. The summed E-state index contributed by atoms with van der Waals surface area (Å²) in [6.07, 6.45) is 0.923. The molecule has 1 atom stereocenters. The van der Waals surface area contributed by atoms with Gasteiger partial charge in [-0.05, 0) is 18.6 Å². The lowest BCUT2D eigenvalue weighted by atomic mass is 10.0. The summed E-state index contributed by atoms with van der Waals surface area (Å²) < 4.78 is 15.2. The fraction of sp³-hybridized carbons (Fsp3) is 0.500. The number of nitrogens with two attached hydrogens (primary N) is 1. The SMILES string of the molecule is COCCC(N)CC(=O)c1ccc(OC)cc1OC. The van der Waals surface area contributed by atoms with E-state index in [1.807, 2.05) is 0 Å². The number of benzene rings is 1. The van der Waals surface area contributed by atoms with Crippen molar-refractivity contribution in [3.8, 4) is 11.5 Å². The first kappa shape index (κ1) is 15.5. The molecule has 0 aromatic heterocycles. The molecule has 0 bridgehead atoms. The standard InChI is InChI=1S/C14H21NO4/c1-17-7-6-10(15)8-13(16)12-5-4-11(18-2)9-14(12)19-3/h4-5,9-10H,6-8,15H2,1-3H3. The van der Waals surface area contributed by atoms with Crippen LogP contribution >= 0.6 is 0 Å². The van der Waals surface area contributed by atoms with E-state index in [1.165, 1.54) is 7.11 Å². The Balaban J connectivity index is 2.76. The third-order valence-electron chi connectivity index (χ3n) is 2.85. The first-order chi connectivity index (χ1) is 9.12. The van der Waals surface area contributed by atoms with Crippen molar-refractivity contribution in [3.63, 3.8) is 0 Å². The van der Waals surface area contributed by atoms with Gasteiger partial charge in [0, 0.05) is 32.2 Å². The summed E-state index contributed by atoms with van der Waals surface area (Å²) >= 11 is 0. The number of rotatable bonds is 8. The van der Waals surface area contributed by atoms with E-state index in [-0.39, 0.29) is 18.2 Å². The van der Waals surface area contributed by atoms with Crippen LogP contribution in [0.15, 0.2) is 18.2 Å². The van der Waals surface area contributed by atoms with Gasteiger partial charge in [0.1, 0.15) is 11.5 Å². The van der Waals surface area contributed by atoms with Crippen molar-refractivity contribution in [1.82, 2.24) is 0 Å². The number of methoxy groups -OCH3 is 3. The molecule has 0 saturated carbocycles. The molecule has 0 aliphatic carbocycles. The minimum atomic E-state index is -0.209. The van der Waals surface area contributed by atoms with Gasteiger partial charge in [0.15, 0.2) is 5.78 Å². The van der Waals surface area contributed by atoms with Crippen molar-refractivity contribution in [2.24, 2.45) is 5.73 Å². The van der Waals surface area contributed by atoms with Gasteiger partial charge in [0.25, 0.3) is 0 Å². The van der Waals surface area contributed by atoms with Gasteiger partial charge in [-0.25, -0.2) is 0 Å². The zero-order valence-electron chi connectivity index (χ0n) is 11.6. The largest absolute Gasteiger partial charge is 0.497 e. The van der Waals surface area contributed by atoms with Gasteiger partial charge in [-0.2, -0.15) is 0 Å². The van der Waals surface area contributed by atoms with Crippen molar-refractivity contribution < 1.29 is 19.0 Å². The molecule has 0 saturated heterocycles. The van der Waals surface area contributed by atoms with Crippen molar-refractivity contribution in [2.75, 3.05) is 27.9 Å². The molecule has 0 heterocycles. The normalized spacial score (nSPS) is 12.0. The van der Waals surface area contributed by atoms with E-state index in [1.54, 1.807) is 32.4 Å². The first-order valence-electron chi connectivity index (χ1n) is 6.12. The van der Waals surface area contributed by atoms with Crippen LogP contribution in [0.2, 0.25) is 0 Å². The highest BCUT2D eigenvalue weighted by Gasteiger charge is 2.16. The van der Waals surface area contributed by atoms with Crippen LogP contribution in [0.1, 0.15) is 23.2 Å². The third kappa shape index (κ3) is 4.54. The molecule has 2 N–H and O–H groups in total. The van der Waals surface area contributed by atoms with Crippen LogP contribution in [0.3, 0.4) is 0 Å². The maximum atomic E-state index is 12.2. The molecule has 1 unspecified atom stereocenters. The van der Waals surface area contributed by atoms with E-state index < -0.39 is 0 Å². The van der Waals surface area contributed by atoms with E-state index in [0.29, 0.717) is 30.1 Å². The van der Waals surface area contributed by atoms with Gasteiger partial charge in [0.2, 0.25) is 0 Å². The molecule has 0 spiro atoms. The van der Waals surface area contributed by atoms with E-state index in [2.05, 4.69) is 0 Å². The predicted molar refractivity (Wildman–Crippen MR) is 73.0 cm³/mol. The number of Topliss-reactive ketones (excluding diaryl/α,β-unsaturated/α-hetero) is 1. The summed E-state index contributed by atoms with van der Waals surface area (Å²) in [5, 5.41) is 0. The predicted octanol–water partition coefficient (Wildman–Crippen LogP) is 1.64. The molecule has 0 amide bonds. The molecule has 0 aliphatic heterocycles. The Bertz CT molecular complexity index is 420. The lowest BCUT2D eigenvalue weighted by Gasteiger charge is -2.13. The molecule has 1 rings (SSSR count).